The van der Waals surface area contributed by atoms with Crippen molar-refractivity contribution in [1.29, 1.82) is 0 Å². The van der Waals surface area contributed by atoms with Crippen LogP contribution in [0, 0.1) is 13.8 Å². The van der Waals surface area contributed by atoms with Crippen LogP contribution in [0.4, 0.5) is 0 Å². The number of aromatic nitrogens is 2. The van der Waals surface area contributed by atoms with E-state index in [4.69, 9.17) is 11.6 Å². The molecule has 4 nitrogen and oxygen atoms in total. The van der Waals surface area contributed by atoms with Crippen LogP contribution >= 0.6 is 11.6 Å². The number of alkyl halides is 1. The fourth-order valence-electron chi connectivity index (χ4n) is 1.26. The van der Waals surface area contributed by atoms with Crippen molar-refractivity contribution in [3.8, 4) is 0 Å². The molecule has 0 spiro atoms. The molecule has 0 radical (unpaired) electrons. The van der Waals surface area contributed by atoms with E-state index in [1.54, 1.807) is 13.0 Å². The van der Waals surface area contributed by atoms with Gasteiger partial charge in [-0.2, -0.15) is 10.2 Å². The summed E-state index contributed by atoms with van der Waals surface area (Å²) in [7, 11) is 0. The minimum Gasteiger partial charge on any atom is -0.352 e. The SMILES string of the molecule is Cc1cc(C(=O)NCCC(C)Cl)c(C)nn1. The third-order valence-electron chi connectivity index (χ3n) is 2.17. The van der Waals surface area contributed by atoms with E-state index in [9.17, 15) is 4.79 Å². The molecule has 88 valence electrons. The molecule has 1 aromatic heterocycles. The number of hydrogen-bond donors (Lipinski definition) is 1. The van der Waals surface area contributed by atoms with Crippen molar-refractivity contribution in [3.05, 3.63) is 23.0 Å². The summed E-state index contributed by atoms with van der Waals surface area (Å²) in [5, 5.41) is 10.7. The van der Waals surface area contributed by atoms with Crippen molar-refractivity contribution in [2.75, 3.05) is 6.54 Å². The van der Waals surface area contributed by atoms with Crippen molar-refractivity contribution >= 4 is 17.5 Å². The second kappa shape index (κ2) is 5.80. The van der Waals surface area contributed by atoms with Gasteiger partial charge >= 0.3 is 0 Å². The molecule has 16 heavy (non-hydrogen) atoms. The van der Waals surface area contributed by atoms with E-state index in [0.29, 0.717) is 17.8 Å². The smallest absolute Gasteiger partial charge is 0.253 e. The number of halogens is 1. The average molecular weight is 242 g/mol. The molecular weight excluding hydrogens is 226 g/mol. The highest BCUT2D eigenvalue weighted by molar-refractivity contribution is 6.20. The average Bonchev–Trinajstić information content (AvgIpc) is 2.21. The Morgan fingerprint density at radius 3 is 2.81 bits per heavy atom. The molecule has 1 rings (SSSR count). The van der Waals surface area contributed by atoms with E-state index in [0.717, 1.165) is 12.1 Å². The Hall–Kier alpha value is -1.16. The van der Waals surface area contributed by atoms with Gasteiger partial charge in [-0.05, 0) is 33.3 Å². The summed E-state index contributed by atoms with van der Waals surface area (Å²) < 4.78 is 0. The van der Waals surface area contributed by atoms with Crippen molar-refractivity contribution in [3.63, 3.8) is 0 Å². The van der Waals surface area contributed by atoms with Crippen LogP contribution in [-0.2, 0) is 0 Å². The second-order valence-electron chi connectivity index (χ2n) is 3.81. The summed E-state index contributed by atoms with van der Waals surface area (Å²) >= 11 is 5.79. The van der Waals surface area contributed by atoms with Crippen molar-refractivity contribution < 1.29 is 4.79 Å². The maximum absolute atomic E-state index is 11.8. The normalized spacial score (nSPS) is 12.2. The number of aryl methyl sites for hydroxylation is 2. The van der Waals surface area contributed by atoms with Crippen molar-refractivity contribution in [1.82, 2.24) is 15.5 Å². The summed E-state index contributed by atoms with van der Waals surface area (Å²) in [5.41, 5.74) is 1.96. The first-order valence-corrected chi connectivity index (χ1v) is 5.67. The Balaban J connectivity index is 2.62. The van der Waals surface area contributed by atoms with Gasteiger partial charge in [-0.1, -0.05) is 0 Å². The lowest BCUT2D eigenvalue weighted by atomic mass is 10.2. The number of carbonyl (C=O) groups is 1. The zero-order valence-electron chi connectivity index (χ0n) is 9.75. The Labute approximate surface area is 100 Å². The number of amides is 1. The first-order chi connectivity index (χ1) is 7.50. The van der Waals surface area contributed by atoms with Crippen LogP contribution in [-0.4, -0.2) is 28.0 Å². The molecule has 1 heterocycles. The second-order valence-corrected chi connectivity index (χ2v) is 4.56. The minimum atomic E-state index is -0.118. The van der Waals surface area contributed by atoms with Gasteiger partial charge < -0.3 is 5.32 Å². The highest BCUT2D eigenvalue weighted by Gasteiger charge is 2.10. The van der Waals surface area contributed by atoms with Crippen LogP contribution in [0.1, 0.15) is 35.1 Å². The molecule has 0 aliphatic rings. The Kier molecular flexibility index (Phi) is 4.68. The van der Waals surface area contributed by atoms with Gasteiger partial charge in [-0.3, -0.25) is 4.79 Å². The Bertz CT molecular complexity index is 379. The van der Waals surface area contributed by atoms with Gasteiger partial charge in [0.05, 0.1) is 17.0 Å². The van der Waals surface area contributed by atoms with E-state index in [2.05, 4.69) is 15.5 Å². The standard InChI is InChI=1S/C11H16ClN3O/c1-7(12)4-5-13-11(16)10-6-8(2)14-15-9(10)3/h6-7H,4-5H2,1-3H3,(H,13,16). The van der Waals surface area contributed by atoms with E-state index in [1.807, 2.05) is 13.8 Å². The first-order valence-electron chi connectivity index (χ1n) is 5.24. The maximum atomic E-state index is 11.8. The van der Waals surface area contributed by atoms with E-state index >= 15 is 0 Å². The van der Waals surface area contributed by atoms with E-state index in [1.165, 1.54) is 0 Å². The molecule has 0 saturated carbocycles. The third-order valence-corrected chi connectivity index (χ3v) is 2.39. The molecule has 0 aliphatic heterocycles. The maximum Gasteiger partial charge on any atom is 0.253 e. The lowest BCUT2D eigenvalue weighted by molar-refractivity contribution is 0.0952. The summed E-state index contributed by atoms with van der Waals surface area (Å²) in [4.78, 5) is 11.8. The predicted molar refractivity (Wildman–Crippen MR) is 63.8 cm³/mol. The van der Waals surface area contributed by atoms with Crippen LogP contribution in [0.2, 0.25) is 0 Å². The van der Waals surface area contributed by atoms with Gasteiger partial charge in [0.2, 0.25) is 0 Å². The first kappa shape index (κ1) is 12.9. The number of rotatable bonds is 4. The molecule has 0 aliphatic carbocycles. The molecule has 0 aromatic carbocycles. The van der Waals surface area contributed by atoms with Gasteiger partial charge in [0.25, 0.3) is 5.91 Å². The van der Waals surface area contributed by atoms with Crippen LogP contribution < -0.4 is 5.32 Å². The van der Waals surface area contributed by atoms with Crippen LogP contribution in [0.15, 0.2) is 6.07 Å². The molecular formula is C11H16ClN3O. The molecule has 1 atom stereocenters. The zero-order chi connectivity index (χ0) is 12.1. The quantitative estimate of drug-likeness (QED) is 0.819. The lowest BCUT2D eigenvalue weighted by Gasteiger charge is -2.07. The van der Waals surface area contributed by atoms with Gasteiger partial charge in [-0.25, -0.2) is 0 Å². The molecule has 1 aromatic rings. The molecule has 5 heteroatoms. The van der Waals surface area contributed by atoms with Gasteiger partial charge in [0, 0.05) is 11.9 Å². The summed E-state index contributed by atoms with van der Waals surface area (Å²) in [6.45, 7) is 6.05. The lowest BCUT2D eigenvalue weighted by Crippen LogP contribution is -2.27. The van der Waals surface area contributed by atoms with Crippen LogP contribution in [0.25, 0.3) is 0 Å². The zero-order valence-corrected chi connectivity index (χ0v) is 10.5. The van der Waals surface area contributed by atoms with Crippen LogP contribution in [0.3, 0.4) is 0 Å². The van der Waals surface area contributed by atoms with Crippen LogP contribution in [0.5, 0.6) is 0 Å². The third kappa shape index (κ3) is 3.77. The summed E-state index contributed by atoms with van der Waals surface area (Å²) in [5.74, 6) is -0.118. The highest BCUT2D eigenvalue weighted by Crippen LogP contribution is 2.05. The largest absolute Gasteiger partial charge is 0.352 e. The van der Waals surface area contributed by atoms with Gasteiger partial charge in [0.15, 0.2) is 0 Å². The predicted octanol–water partition coefficient (Wildman–Crippen LogP) is 1.84. The number of nitrogens with one attached hydrogen (secondary N) is 1. The van der Waals surface area contributed by atoms with Crippen molar-refractivity contribution in [2.24, 2.45) is 0 Å². The summed E-state index contributed by atoms with van der Waals surface area (Å²) in [6, 6.07) is 1.74. The molecule has 0 bridgehead atoms. The number of carbonyl (C=O) groups excluding carboxylic acids is 1. The fraction of sp³-hybridized carbons (Fsp3) is 0.545. The van der Waals surface area contributed by atoms with E-state index in [-0.39, 0.29) is 11.3 Å². The summed E-state index contributed by atoms with van der Waals surface area (Å²) in [6.07, 6.45) is 0.754. The monoisotopic (exact) mass is 241 g/mol. The fourth-order valence-corrected chi connectivity index (χ4v) is 1.37. The molecule has 0 saturated heterocycles. The molecule has 1 unspecified atom stereocenters. The highest BCUT2D eigenvalue weighted by atomic mass is 35.5. The number of nitrogens with zero attached hydrogens (tertiary/aromatic N) is 2. The van der Waals surface area contributed by atoms with Crippen molar-refractivity contribution in [2.45, 2.75) is 32.6 Å². The molecule has 1 amide bonds. The van der Waals surface area contributed by atoms with Gasteiger partial charge in [-0.15, -0.1) is 11.6 Å². The molecule has 1 N–H and O–H groups in total. The Morgan fingerprint density at radius 2 is 2.19 bits per heavy atom. The van der Waals surface area contributed by atoms with E-state index < -0.39 is 0 Å². The molecule has 0 fully saturated rings. The topological polar surface area (TPSA) is 54.9 Å². The Morgan fingerprint density at radius 1 is 1.50 bits per heavy atom. The van der Waals surface area contributed by atoms with Gasteiger partial charge in [0.1, 0.15) is 0 Å². The minimum absolute atomic E-state index is 0.0682. The number of hydrogen-bond acceptors (Lipinski definition) is 3.